The van der Waals surface area contributed by atoms with Crippen LogP contribution in [0.5, 0.6) is 0 Å². The van der Waals surface area contributed by atoms with Crippen LogP contribution in [0.1, 0.15) is 18.5 Å². The first-order valence-corrected chi connectivity index (χ1v) is 6.18. The van der Waals surface area contributed by atoms with Gasteiger partial charge in [-0.25, -0.2) is 0 Å². The van der Waals surface area contributed by atoms with Gasteiger partial charge in [-0.3, -0.25) is 14.3 Å². The highest BCUT2D eigenvalue weighted by Crippen LogP contribution is 2.27. The summed E-state index contributed by atoms with van der Waals surface area (Å²) in [7, 11) is 1.79. The van der Waals surface area contributed by atoms with Crippen molar-refractivity contribution in [2.24, 2.45) is 18.9 Å². The minimum Gasteiger partial charge on any atom is -0.481 e. The van der Waals surface area contributed by atoms with E-state index in [0.29, 0.717) is 18.5 Å². The maximum Gasteiger partial charge on any atom is 0.307 e. The summed E-state index contributed by atoms with van der Waals surface area (Å²) in [5, 5.41) is 16.0. The molecule has 102 valence electrons. The molecule has 19 heavy (non-hydrogen) atoms. The smallest absolute Gasteiger partial charge is 0.307 e. The minimum atomic E-state index is -0.924. The van der Waals surface area contributed by atoms with Crippen LogP contribution in [0.4, 0.5) is 5.69 Å². The van der Waals surface area contributed by atoms with Gasteiger partial charge in [0.1, 0.15) is 0 Å². The molecule has 0 aromatic carbocycles. The number of aryl methyl sites for hydroxylation is 1. The van der Waals surface area contributed by atoms with Crippen molar-refractivity contribution in [3.8, 4) is 0 Å². The van der Waals surface area contributed by atoms with Crippen molar-refractivity contribution in [2.75, 3.05) is 5.32 Å². The number of carbonyl (C=O) groups excluding carboxylic acids is 1. The van der Waals surface area contributed by atoms with E-state index in [2.05, 4.69) is 10.4 Å². The van der Waals surface area contributed by atoms with Crippen LogP contribution in [0.3, 0.4) is 0 Å². The van der Waals surface area contributed by atoms with E-state index >= 15 is 0 Å². The highest BCUT2D eigenvalue weighted by atomic mass is 16.4. The van der Waals surface area contributed by atoms with Gasteiger partial charge in [0.2, 0.25) is 5.91 Å². The molecule has 1 aromatic rings. The first-order valence-electron chi connectivity index (χ1n) is 6.18. The Hall–Kier alpha value is -2.11. The van der Waals surface area contributed by atoms with Gasteiger partial charge in [-0.15, -0.1) is 0 Å². The predicted octanol–water partition coefficient (Wildman–Crippen LogP) is 1.33. The average Bonchev–Trinajstić information content (AvgIpc) is 2.70. The fourth-order valence-electron chi connectivity index (χ4n) is 2.22. The number of aromatic nitrogens is 2. The molecule has 0 saturated carbocycles. The van der Waals surface area contributed by atoms with Crippen molar-refractivity contribution < 1.29 is 14.7 Å². The van der Waals surface area contributed by atoms with E-state index < -0.39 is 17.8 Å². The molecule has 1 amide bonds. The zero-order chi connectivity index (χ0) is 14.0. The summed E-state index contributed by atoms with van der Waals surface area (Å²) in [6.45, 7) is 1.85. The van der Waals surface area contributed by atoms with Crippen LogP contribution in [0, 0.1) is 18.8 Å². The first kappa shape index (κ1) is 13.3. The van der Waals surface area contributed by atoms with E-state index in [1.807, 2.05) is 19.1 Å². The SMILES string of the molecule is Cc1c(NC(=O)C2CC=CCC2C(=O)O)cnn1C. The molecule has 1 aliphatic carbocycles. The number of carboxylic acids is 1. The molecule has 0 radical (unpaired) electrons. The minimum absolute atomic E-state index is 0.257. The molecular formula is C13H17N3O3. The van der Waals surface area contributed by atoms with E-state index in [0.717, 1.165) is 5.69 Å². The Kier molecular flexibility index (Phi) is 3.69. The average molecular weight is 263 g/mol. The predicted molar refractivity (Wildman–Crippen MR) is 69.6 cm³/mol. The summed E-state index contributed by atoms with van der Waals surface area (Å²) < 4.78 is 1.66. The van der Waals surface area contributed by atoms with Crippen molar-refractivity contribution in [1.29, 1.82) is 0 Å². The number of rotatable bonds is 3. The van der Waals surface area contributed by atoms with E-state index in [1.54, 1.807) is 17.9 Å². The van der Waals surface area contributed by atoms with Crippen LogP contribution >= 0.6 is 0 Å². The normalized spacial score (nSPS) is 22.2. The van der Waals surface area contributed by atoms with E-state index in [1.165, 1.54) is 0 Å². The van der Waals surface area contributed by atoms with Crippen molar-refractivity contribution in [1.82, 2.24) is 9.78 Å². The molecule has 0 fully saturated rings. The summed E-state index contributed by atoms with van der Waals surface area (Å²) in [5.41, 5.74) is 1.47. The van der Waals surface area contributed by atoms with Crippen LogP contribution < -0.4 is 5.32 Å². The Morgan fingerprint density at radius 1 is 1.37 bits per heavy atom. The van der Waals surface area contributed by atoms with Gasteiger partial charge in [-0.2, -0.15) is 5.10 Å². The molecule has 1 aromatic heterocycles. The zero-order valence-electron chi connectivity index (χ0n) is 11.0. The highest BCUT2D eigenvalue weighted by molar-refractivity contribution is 5.95. The summed E-state index contributed by atoms with van der Waals surface area (Å²) in [6.07, 6.45) is 6.11. The molecule has 6 heteroatoms. The standard InChI is InChI=1S/C13H17N3O3/c1-8-11(7-14-16(8)2)15-12(17)9-5-3-4-6-10(9)13(18)19/h3-4,7,9-10H,5-6H2,1-2H3,(H,15,17)(H,18,19). The Morgan fingerprint density at radius 2 is 2.00 bits per heavy atom. The second kappa shape index (κ2) is 5.26. The van der Waals surface area contributed by atoms with Crippen molar-refractivity contribution in [3.05, 3.63) is 24.0 Å². The third kappa shape index (κ3) is 2.67. The van der Waals surface area contributed by atoms with Crippen molar-refractivity contribution in [3.63, 3.8) is 0 Å². The van der Waals surface area contributed by atoms with Crippen LogP contribution in [0.25, 0.3) is 0 Å². The molecule has 2 atom stereocenters. The Labute approximate surface area is 111 Å². The highest BCUT2D eigenvalue weighted by Gasteiger charge is 2.34. The fraction of sp³-hybridized carbons (Fsp3) is 0.462. The number of carbonyl (C=O) groups is 2. The number of allylic oxidation sites excluding steroid dienone is 2. The summed E-state index contributed by atoms with van der Waals surface area (Å²) in [6, 6.07) is 0. The molecule has 2 N–H and O–H groups in total. The number of nitrogens with zero attached hydrogens (tertiary/aromatic N) is 2. The summed E-state index contributed by atoms with van der Waals surface area (Å²) >= 11 is 0. The molecule has 0 bridgehead atoms. The maximum atomic E-state index is 12.2. The lowest BCUT2D eigenvalue weighted by molar-refractivity contribution is -0.146. The van der Waals surface area contributed by atoms with Crippen LogP contribution in [-0.4, -0.2) is 26.8 Å². The summed E-state index contributed by atoms with van der Waals surface area (Å²) in [4.78, 5) is 23.4. The monoisotopic (exact) mass is 263 g/mol. The van der Waals surface area contributed by atoms with Crippen LogP contribution in [0.2, 0.25) is 0 Å². The molecule has 2 rings (SSSR count). The van der Waals surface area contributed by atoms with Gasteiger partial charge < -0.3 is 10.4 Å². The zero-order valence-corrected chi connectivity index (χ0v) is 11.0. The molecule has 1 aliphatic rings. The lowest BCUT2D eigenvalue weighted by Gasteiger charge is -2.24. The second-order valence-corrected chi connectivity index (χ2v) is 4.75. The van der Waals surface area contributed by atoms with Gasteiger partial charge in [0.05, 0.1) is 29.4 Å². The largest absolute Gasteiger partial charge is 0.481 e. The number of hydrogen-bond acceptors (Lipinski definition) is 3. The number of amides is 1. The number of nitrogens with one attached hydrogen (secondary N) is 1. The van der Waals surface area contributed by atoms with Crippen LogP contribution in [-0.2, 0) is 16.6 Å². The van der Waals surface area contributed by atoms with Crippen LogP contribution in [0.15, 0.2) is 18.3 Å². The number of hydrogen-bond donors (Lipinski definition) is 2. The topological polar surface area (TPSA) is 84.2 Å². The second-order valence-electron chi connectivity index (χ2n) is 4.75. The third-order valence-corrected chi connectivity index (χ3v) is 3.58. The van der Waals surface area contributed by atoms with Gasteiger partial charge in [0.15, 0.2) is 0 Å². The van der Waals surface area contributed by atoms with Gasteiger partial charge in [-0.05, 0) is 19.8 Å². The Bertz CT molecular complexity index is 533. The molecule has 1 heterocycles. The van der Waals surface area contributed by atoms with Crippen molar-refractivity contribution >= 4 is 17.6 Å². The lowest BCUT2D eigenvalue weighted by Crippen LogP contribution is -2.34. The Morgan fingerprint density at radius 3 is 2.53 bits per heavy atom. The maximum absolute atomic E-state index is 12.2. The molecule has 6 nitrogen and oxygen atoms in total. The van der Waals surface area contributed by atoms with Gasteiger partial charge in [0.25, 0.3) is 0 Å². The van der Waals surface area contributed by atoms with Gasteiger partial charge in [-0.1, -0.05) is 12.2 Å². The molecule has 0 spiro atoms. The summed E-state index contributed by atoms with van der Waals surface area (Å²) in [5.74, 6) is -2.36. The number of aliphatic carboxylic acids is 1. The number of anilines is 1. The fourth-order valence-corrected chi connectivity index (χ4v) is 2.22. The first-order chi connectivity index (χ1) is 9.00. The van der Waals surface area contributed by atoms with Gasteiger partial charge >= 0.3 is 5.97 Å². The van der Waals surface area contributed by atoms with Crippen molar-refractivity contribution in [2.45, 2.75) is 19.8 Å². The molecular weight excluding hydrogens is 246 g/mol. The lowest BCUT2D eigenvalue weighted by atomic mass is 9.82. The van der Waals surface area contributed by atoms with Gasteiger partial charge in [0, 0.05) is 7.05 Å². The van der Waals surface area contributed by atoms with E-state index in [4.69, 9.17) is 5.11 Å². The quantitative estimate of drug-likeness (QED) is 0.806. The van der Waals surface area contributed by atoms with E-state index in [9.17, 15) is 9.59 Å². The Balaban J connectivity index is 2.12. The molecule has 2 unspecified atom stereocenters. The molecule has 0 saturated heterocycles. The van der Waals surface area contributed by atoms with E-state index in [-0.39, 0.29) is 5.91 Å². The molecule has 0 aliphatic heterocycles. The third-order valence-electron chi connectivity index (χ3n) is 3.58. The number of carboxylic acid groups (broad SMARTS) is 1.